The van der Waals surface area contributed by atoms with Gasteiger partial charge in [0.1, 0.15) is 11.6 Å². The number of nitrogens with one attached hydrogen (secondary N) is 1. The Morgan fingerprint density at radius 1 is 1.11 bits per heavy atom. The molecule has 0 atom stereocenters. The highest BCUT2D eigenvalue weighted by Gasteiger charge is 2.34. The number of ether oxygens (including phenoxy) is 1. The van der Waals surface area contributed by atoms with Gasteiger partial charge in [-0.25, -0.2) is 4.98 Å². The number of anilines is 2. The van der Waals surface area contributed by atoms with Gasteiger partial charge in [0.2, 0.25) is 0 Å². The van der Waals surface area contributed by atoms with Gasteiger partial charge >= 0.3 is 6.18 Å². The first-order chi connectivity index (χ1) is 18.1. The summed E-state index contributed by atoms with van der Waals surface area (Å²) < 4.78 is 47.1. The van der Waals surface area contributed by atoms with Gasteiger partial charge in [0.05, 0.1) is 23.8 Å². The number of carbonyl (C=O) groups is 1. The van der Waals surface area contributed by atoms with Crippen LogP contribution in [0.4, 0.5) is 24.7 Å². The Bertz CT molecular complexity index is 1370. The smallest absolute Gasteiger partial charge is 0.416 e. The van der Waals surface area contributed by atoms with Crippen LogP contribution < -0.4 is 15.8 Å². The summed E-state index contributed by atoms with van der Waals surface area (Å²) in [6.07, 6.45) is -3.01. The molecule has 0 aliphatic carbocycles. The minimum Gasteiger partial charge on any atom is -0.496 e. The summed E-state index contributed by atoms with van der Waals surface area (Å²) in [6.45, 7) is 3.18. The molecule has 1 aromatic heterocycles. The zero-order chi connectivity index (χ0) is 27.3. The van der Waals surface area contributed by atoms with Crippen LogP contribution in [-0.2, 0) is 12.7 Å². The Balaban J connectivity index is 1.57. The van der Waals surface area contributed by atoms with Gasteiger partial charge < -0.3 is 20.7 Å². The summed E-state index contributed by atoms with van der Waals surface area (Å²) in [5.41, 5.74) is 6.42. The van der Waals surface area contributed by atoms with Crippen LogP contribution in [0.1, 0.15) is 32.6 Å². The van der Waals surface area contributed by atoms with Crippen molar-refractivity contribution in [1.82, 2.24) is 14.8 Å². The number of halogens is 3. The SMILES string of the molecule is COc1ccc(C#Cc2cccnc2N)cc1C(=O)Nc1ccc(CN2CCN(C)CC2)c(C(F)(F)F)c1. The number of nitrogen functional groups attached to an aromatic ring is 1. The van der Waals surface area contributed by atoms with Crippen molar-refractivity contribution in [3.63, 3.8) is 0 Å². The second kappa shape index (κ2) is 11.5. The number of benzene rings is 2. The van der Waals surface area contributed by atoms with E-state index in [0.717, 1.165) is 19.2 Å². The van der Waals surface area contributed by atoms with Gasteiger partial charge in [-0.2, -0.15) is 13.2 Å². The number of amides is 1. The predicted octanol–water partition coefficient (Wildman–Crippen LogP) is 4.09. The van der Waals surface area contributed by atoms with Gasteiger partial charge in [0.15, 0.2) is 0 Å². The number of methoxy groups -OCH3 is 1. The van der Waals surface area contributed by atoms with Crippen LogP contribution in [0.5, 0.6) is 5.75 Å². The van der Waals surface area contributed by atoms with Crippen LogP contribution in [0, 0.1) is 11.8 Å². The van der Waals surface area contributed by atoms with Crippen molar-refractivity contribution in [3.8, 4) is 17.6 Å². The number of hydrogen-bond acceptors (Lipinski definition) is 6. The van der Waals surface area contributed by atoms with Crippen molar-refractivity contribution < 1.29 is 22.7 Å². The van der Waals surface area contributed by atoms with E-state index in [0.29, 0.717) is 24.2 Å². The maximum Gasteiger partial charge on any atom is 0.416 e. The summed E-state index contributed by atoms with van der Waals surface area (Å²) in [7, 11) is 3.40. The molecular weight excluding hydrogens is 495 g/mol. The zero-order valence-electron chi connectivity index (χ0n) is 21.1. The van der Waals surface area contributed by atoms with E-state index in [1.165, 1.54) is 25.3 Å². The van der Waals surface area contributed by atoms with E-state index in [2.05, 4.69) is 27.0 Å². The molecule has 10 heteroatoms. The molecule has 0 bridgehead atoms. The second-order valence-corrected chi connectivity index (χ2v) is 9.00. The number of hydrogen-bond donors (Lipinski definition) is 2. The summed E-state index contributed by atoms with van der Waals surface area (Å²) >= 11 is 0. The molecule has 1 fully saturated rings. The zero-order valence-corrected chi connectivity index (χ0v) is 21.1. The van der Waals surface area contributed by atoms with Crippen LogP contribution in [0.25, 0.3) is 0 Å². The average Bonchev–Trinajstić information content (AvgIpc) is 2.89. The number of aromatic nitrogens is 1. The summed E-state index contributed by atoms with van der Waals surface area (Å²) in [6, 6.07) is 12.1. The van der Waals surface area contributed by atoms with E-state index in [-0.39, 0.29) is 34.9 Å². The molecule has 1 saturated heterocycles. The lowest BCUT2D eigenvalue weighted by molar-refractivity contribution is -0.138. The van der Waals surface area contributed by atoms with Gasteiger partial charge in [-0.3, -0.25) is 9.69 Å². The molecule has 1 aliphatic rings. The van der Waals surface area contributed by atoms with E-state index in [1.807, 2.05) is 11.9 Å². The Kier molecular flexibility index (Phi) is 8.20. The highest BCUT2D eigenvalue weighted by molar-refractivity contribution is 6.06. The lowest BCUT2D eigenvalue weighted by Gasteiger charge is -2.33. The molecule has 1 amide bonds. The first-order valence-corrected chi connectivity index (χ1v) is 12.0. The number of pyridine rings is 1. The van der Waals surface area contributed by atoms with E-state index in [9.17, 15) is 18.0 Å². The van der Waals surface area contributed by atoms with E-state index < -0.39 is 17.6 Å². The van der Waals surface area contributed by atoms with E-state index >= 15 is 0 Å². The molecule has 0 saturated carbocycles. The highest BCUT2D eigenvalue weighted by atomic mass is 19.4. The molecule has 0 unspecified atom stereocenters. The third-order valence-corrected chi connectivity index (χ3v) is 6.29. The first kappa shape index (κ1) is 27.0. The number of nitrogens with two attached hydrogens (primary N) is 1. The Morgan fingerprint density at radius 2 is 1.87 bits per heavy atom. The maximum absolute atomic E-state index is 13.9. The van der Waals surface area contributed by atoms with Crippen LogP contribution >= 0.6 is 0 Å². The Labute approximate surface area is 219 Å². The molecule has 38 heavy (non-hydrogen) atoms. The number of rotatable bonds is 5. The minimum absolute atomic E-state index is 0.0335. The number of likely N-dealkylation sites (N-methyl/N-ethyl adjacent to an activating group) is 1. The van der Waals surface area contributed by atoms with Crippen molar-refractivity contribution in [1.29, 1.82) is 0 Å². The summed E-state index contributed by atoms with van der Waals surface area (Å²) in [5, 5.41) is 2.57. The molecule has 2 aromatic carbocycles. The summed E-state index contributed by atoms with van der Waals surface area (Å²) in [4.78, 5) is 21.2. The fourth-order valence-electron chi connectivity index (χ4n) is 4.13. The van der Waals surface area contributed by atoms with Crippen LogP contribution in [0.2, 0.25) is 0 Å². The van der Waals surface area contributed by atoms with E-state index in [1.54, 1.807) is 30.5 Å². The van der Waals surface area contributed by atoms with Gasteiger partial charge in [-0.05, 0) is 55.1 Å². The number of alkyl halides is 3. The standard InChI is InChI=1S/C28H28F3N5O2/c1-35-12-14-36(15-13-35)18-21-8-9-22(17-24(21)28(29,30)31)34-27(37)23-16-19(6-10-25(23)38-2)5-7-20-4-3-11-33-26(20)32/h3-4,6,8-11,16-17H,12-15,18H2,1-2H3,(H2,32,33)(H,34,37). The predicted molar refractivity (Wildman–Crippen MR) is 140 cm³/mol. The number of carbonyl (C=O) groups excluding carboxylic acids is 1. The van der Waals surface area contributed by atoms with Gasteiger partial charge in [-0.1, -0.05) is 17.9 Å². The van der Waals surface area contributed by atoms with Crippen LogP contribution in [0.3, 0.4) is 0 Å². The fourth-order valence-corrected chi connectivity index (χ4v) is 4.13. The molecule has 0 radical (unpaired) electrons. The topological polar surface area (TPSA) is 83.7 Å². The van der Waals surface area contributed by atoms with Gasteiger partial charge in [0, 0.05) is 50.2 Å². The van der Waals surface area contributed by atoms with E-state index in [4.69, 9.17) is 10.5 Å². The van der Waals surface area contributed by atoms with Crippen molar-refractivity contribution in [2.75, 3.05) is 51.4 Å². The largest absolute Gasteiger partial charge is 0.496 e. The monoisotopic (exact) mass is 523 g/mol. The Morgan fingerprint density at radius 3 is 2.55 bits per heavy atom. The molecule has 4 rings (SSSR count). The van der Waals surface area contributed by atoms with Gasteiger partial charge in [0.25, 0.3) is 5.91 Å². The summed E-state index contributed by atoms with van der Waals surface area (Å²) in [5.74, 6) is 5.76. The van der Waals surface area contributed by atoms with Gasteiger partial charge in [-0.15, -0.1) is 0 Å². The lowest BCUT2D eigenvalue weighted by Crippen LogP contribution is -2.44. The normalized spacial score (nSPS) is 14.4. The van der Waals surface area contributed by atoms with Crippen LogP contribution in [-0.4, -0.2) is 61.0 Å². The number of nitrogens with zero attached hydrogens (tertiary/aromatic N) is 3. The Hall–Kier alpha value is -4.07. The molecule has 7 nitrogen and oxygen atoms in total. The van der Waals surface area contributed by atoms with Crippen LogP contribution in [0.15, 0.2) is 54.7 Å². The molecule has 1 aliphatic heterocycles. The minimum atomic E-state index is -4.57. The van der Waals surface area contributed by atoms with Crippen molar-refractivity contribution in [2.24, 2.45) is 0 Å². The maximum atomic E-state index is 13.9. The number of piperazine rings is 1. The fraction of sp³-hybridized carbons (Fsp3) is 0.286. The molecular formula is C28H28F3N5O2. The quantitative estimate of drug-likeness (QED) is 0.491. The highest BCUT2D eigenvalue weighted by Crippen LogP contribution is 2.35. The van der Waals surface area contributed by atoms with Crippen molar-refractivity contribution in [2.45, 2.75) is 12.7 Å². The third kappa shape index (κ3) is 6.62. The second-order valence-electron chi connectivity index (χ2n) is 9.00. The van der Waals surface area contributed by atoms with Crippen molar-refractivity contribution in [3.05, 3.63) is 82.5 Å². The third-order valence-electron chi connectivity index (χ3n) is 6.29. The molecule has 2 heterocycles. The lowest BCUT2D eigenvalue weighted by atomic mass is 10.0. The molecule has 198 valence electrons. The van der Waals surface area contributed by atoms with Crippen molar-refractivity contribution >= 4 is 17.4 Å². The molecule has 3 aromatic rings. The first-order valence-electron chi connectivity index (χ1n) is 12.0. The molecule has 3 N–H and O–H groups in total. The molecule has 0 spiro atoms. The average molecular weight is 524 g/mol.